The molecule has 132 valence electrons. The Morgan fingerprint density at radius 2 is 2.04 bits per heavy atom. The molecule has 0 aliphatic carbocycles. The van der Waals surface area contributed by atoms with E-state index in [1.54, 1.807) is 11.3 Å². The van der Waals surface area contributed by atoms with Crippen molar-refractivity contribution in [1.29, 1.82) is 0 Å². The lowest BCUT2D eigenvalue weighted by Gasteiger charge is -2.16. The Kier molecular flexibility index (Phi) is 9.13. The Hall–Kier alpha value is -1.18. The fourth-order valence-corrected chi connectivity index (χ4v) is 2.67. The number of hydrogen-bond acceptors (Lipinski definition) is 5. The normalized spacial score (nSPS) is 13.4. The molecule has 0 fully saturated rings. The summed E-state index contributed by atoms with van der Waals surface area (Å²) in [6.07, 6.45) is -0.554. The van der Waals surface area contributed by atoms with Crippen LogP contribution in [0.1, 0.15) is 36.3 Å². The van der Waals surface area contributed by atoms with Crippen LogP contribution >= 0.6 is 11.3 Å². The van der Waals surface area contributed by atoms with Crippen LogP contribution in [0, 0.1) is 19.8 Å². The van der Waals surface area contributed by atoms with Gasteiger partial charge in [-0.25, -0.2) is 9.98 Å². The molecule has 1 atom stereocenters. The van der Waals surface area contributed by atoms with Crippen LogP contribution in [0.15, 0.2) is 4.99 Å². The van der Waals surface area contributed by atoms with Crippen molar-refractivity contribution in [2.75, 3.05) is 26.3 Å². The third-order valence-corrected chi connectivity index (χ3v) is 4.11. The highest BCUT2D eigenvalue weighted by Crippen LogP contribution is 2.16. The number of aliphatic imine (C=N–C) groups is 1. The van der Waals surface area contributed by atoms with Gasteiger partial charge in [0.2, 0.25) is 0 Å². The molecule has 0 aliphatic rings. The van der Waals surface area contributed by atoms with Crippen molar-refractivity contribution in [2.45, 2.75) is 47.3 Å². The summed E-state index contributed by atoms with van der Waals surface area (Å²) >= 11 is 1.67. The molecule has 7 heteroatoms. The van der Waals surface area contributed by atoms with Crippen molar-refractivity contribution in [3.63, 3.8) is 0 Å². The van der Waals surface area contributed by atoms with Gasteiger partial charge in [-0.2, -0.15) is 0 Å². The van der Waals surface area contributed by atoms with E-state index >= 15 is 0 Å². The van der Waals surface area contributed by atoms with Crippen molar-refractivity contribution in [3.05, 3.63) is 15.6 Å². The molecule has 1 aromatic rings. The minimum absolute atomic E-state index is 0.329. The van der Waals surface area contributed by atoms with Crippen molar-refractivity contribution in [2.24, 2.45) is 10.9 Å². The summed E-state index contributed by atoms with van der Waals surface area (Å²) < 4.78 is 5.44. The number of nitrogens with zero attached hydrogens (tertiary/aromatic N) is 2. The Balaban J connectivity index is 2.42. The molecule has 1 heterocycles. The molecule has 0 amide bonds. The van der Waals surface area contributed by atoms with Crippen LogP contribution < -0.4 is 10.6 Å². The van der Waals surface area contributed by atoms with E-state index in [4.69, 9.17) is 4.74 Å². The summed E-state index contributed by atoms with van der Waals surface area (Å²) in [5.41, 5.74) is 1.07. The highest BCUT2D eigenvalue weighted by Gasteiger charge is 2.07. The molecule has 0 saturated heterocycles. The summed E-state index contributed by atoms with van der Waals surface area (Å²) in [6.45, 7) is 13.0. The third-order valence-electron chi connectivity index (χ3n) is 3.06. The summed E-state index contributed by atoms with van der Waals surface area (Å²) in [7, 11) is 0. The van der Waals surface area contributed by atoms with Crippen LogP contribution in [0.2, 0.25) is 0 Å². The van der Waals surface area contributed by atoms with E-state index in [2.05, 4.69) is 41.4 Å². The maximum Gasteiger partial charge on any atom is 0.191 e. The largest absolute Gasteiger partial charge is 0.389 e. The minimum Gasteiger partial charge on any atom is -0.389 e. The summed E-state index contributed by atoms with van der Waals surface area (Å²) in [5, 5.41) is 17.2. The molecule has 1 rings (SSSR count). The molecule has 0 saturated carbocycles. The number of aryl methyl sites for hydroxylation is 2. The number of aliphatic hydroxyl groups is 1. The predicted molar refractivity (Wildman–Crippen MR) is 96.1 cm³/mol. The van der Waals surface area contributed by atoms with Gasteiger partial charge in [0.15, 0.2) is 5.96 Å². The SMILES string of the molecule is CCNC(=NCc1nc(C)c(C)s1)NCC(O)COCC(C)C. The van der Waals surface area contributed by atoms with Gasteiger partial charge in [-0.1, -0.05) is 13.8 Å². The summed E-state index contributed by atoms with van der Waals surface area (Å²) in [4.78, 5) is 10.2. The highest BCUT2D eigenvalue weighted by atomic mass is 32.1. The maximum atomic E-state index is 9.92. The van der Waals surface area contributed by atoms with E-state index in [0.717, 1.165) is 17.2 Å². The quantitative estimate of drug-likeness (QED) is 0.471. The van der Waals surface area contributed by atoms with Gasteiger partial charge in [0.25, 0.3) is 0 Å². The molecular formula is C16H30N4O2S. The smallest absolute Gasteiger partial charge is 0.191 e. The van der Waals surface area contributed by atoms with Crippen molar-refractivity contribution < 1.29 is 9.84 Å². The molecule has 6 nitrogen and oxygen atoms in total. The molecule has 0 bridgehead atoms. The Morgan fingerprint density at radius 1 is 1.30 bits per heavy atom. The van der Waals surface area contributed by atoms with Gasteiger partial charge < -0.3 is 20.5 Å². The lowest BCUT2D eigenvalue weighted by molar-refractivity contribution is 0.0280. The first-order valence-electron chi connectivity index (χ1n) is 8.13. The van der Waals surface area contributed by atoms with Crippen LogP contribution in [0.5, 0.6) is 0 Å². The number of hydrogen-bond donors (Lipinski definition) is 3. The summed E-state index contributed by atoms with van der Waals surface area (Å²) in [6, 6.07) is 0. The van der Waals surface area contributed by atoms with Crippen LogP contribution in [-0.2, 0) is 11.3 Å². The Labute approximate surface area is 143 Å². The van der Waals surface area contributed by atoms with Gasteiger partial charge in [-0.3, -0.25) is 0 Å². The molecule has 0 spiro atoms. The number of aromatic nitrogens is 1. The average Bonchev–Trinajstić information content (AvgIpc) is 2.80. The second kappa shape index (κ2) is 10.6. The summed E-state index contributed by atoms with van der Waals surface area (Å²) in [5.74, 6) is 1.15. The zero-order valence-electron chi connectivity index (χ0n) is 14.8. The van der Waals surface area contributed by atoms with Crippen LogP contribution in [-0.4, -0.2) is 48.5 Å². The van der Waals surface area contributed by atoms with E-state index in [1.165, 1.54) is 4.88 Å². The van der Waals surface area contributed by atoms with E-state index < -0.39 is 6.10 Å². The fraction of sp³-hybridized carbons (Fsp3) is 0.750. The Bertz CT molecular complexity index is 469. The monoisotopic (exact) mass is 342 g/mol. The second-order valence-corrected chi connectivity index (χ2v) is 7.20. The molecular weight excluding hydrogens is 312 g/mol. The van der Waals surface area contributed by atoms with E-state index in [0.29, 0.717) is 38.2 Å². The van der Waals surface area contributed by atoms with E-state index in [9.17, 15) is 5.11 Å². The molecule has 0 aliphatic heterocycles. The first-order chi connectivity index (χ1) is 10.9. The van der Waals surface area contributed by atoms with Crippen LogP contribution in [0.3, 0.4) is 0 Å². The van der Waals surface area contributed by atoms with Crippen molar-refractivity contribution in [1.82, 2.24) is 15.6 Å². The number of aliphatic hydroxyl groups excluding tert-OH is 1. The number of guanidine groups is 1. The van der Waals surface area contributed by atoms with Crippen molar-refractivity contribution in [3.8, 4) is 0 Å². The molecule has 23 heavy (non-hydrogen) atoms. The van der Waals surface area contributed by atoms with Crippen LogP contribution in [0.25, 0.3) is 0 Å². The van der Waals surface area contributed by atoms with E-state index in [1.807, 2.05) is 13.8 Å². The maximum absolute atomic E-state index is 9.92. The standard InChI is InChI=1S/C16H30N4O2S/c1-6-17-16(18-7-14(21)10-22-9-11(2)3)19-8-15-20-12(4)13(5)23-15/h11,14,21H,6-10H2,1-5H3,(H2,17,18,19). The van der Waals surface area contributed by atoms with Gasteiger partial charge in [-0.05, 0) is 26.7 Å². The van der Waals surface area contributed by atoms with Crippen molar-refractivity contribution >= 4 is 17.3 Å². The fourth-order valence-electron chi connectivity index (χ4n) is 1.81. The first kappa shape index (κ1) is 19.9. The molecule has 0 aromatic carbocycles. The van der Waals surface area contributed by atoms with Gasteiger partial charge in [0, 0.05) is 24.6 Å². The third kappa shape index (κ3) is 8.29. The highest BCUT2D eigenvalue weighted by molar-refractivity contribution is 7.11. The van der Waals surface area contributed by atoms with Gasteiger partial charge in [0.05, 0.1) is 24.9 Å². The lowest BCUT2D eigenvalue weighted by atomic mass is 10.2. The minimum atomic E-state index is -0.554. The predicted octanol–water partition coefficient (Wildman–Crippen LogP) is 1.85. The number of nitrogens with one attached hydrogen (secondary N) is 2. The zero-order valence-corrected chi connectivity index (χ0v) is 15.7. The van der Waals surface area contributed by atoms with Gasteiger partial charge in [0.1, 0.15) is 5.01 Å². The Morgan fingerprint density at radius 3 is 2.61 bits per heavy atom. The number of rotatable bonds is 9. The zero-order chi connectivity index (χ0) is 17.2. The van der Waals surface area contributed by atoms with Crippen LogP contribution in [0.4, 0.5) is 0 Å². The second-order valence-electron chi connectivity index (χ2n) is 5.91. The topological polar surface area (TPSA) is 78.8 Å². The molecule has 3 N–H and O–H groups in total. The molecule has 1 aromatic heterocycles. The van der Waals surface area contributed by atoms with Gasteiger partial charge in [-0.15, -0.1) is 11.3 Å². The molecule has 0 radical (unpaired) electrons. The number of thiazole rings is 1. The average molecular weight is 343 g/mol. The van der Waals surface area contributed by atoms with Gasteiger partial charge >= 0.3 is 0 Å². The molecule has 1 unspecified atom stereocenters. The lowest BCUT2D eigenvalue weighted by Crippen LogP contribution is -2.42. The van der Waals surface area contributed by atoms with E-state index in [-0.39, 0.29) is 0 Å². The first-order valence-corrected chi connectivity index (χ1v) is 8.94. The number of ether oxygens (including phenoxy) is 1.